The molecule has 0 aliphatic heterocycles. The zero-order chi connectivity index (χ0) is 20.6. The van der Waals surface area contributed by atoms with Crippen LogP contribution in [0.2, 0.25) is 5.02 Å². The fourth-order valence-corrected chi connectivity index (χ4v) is 3.82. The zero-order valence-electron chi connectivity index (χ0n) is 14.6. The quantitative estimate of drug-likeness (QED) is 0.580. The molecule has 2 amide bonds. The number of hydrogen-bond acceptors (Lipinski definition) is 4. The van der Waals surface area contributed by atoms with Gasteiger partial charge in [-0.1, -0.05) is 11.6 Å². The van der Waals surface area contributed by atoms with Crippen LogP contribution in [-0.4, -0.2) is 16.8 Å². The fraction of sp³-hybridized carbons (Fsp3) is 0.167. The summed E-state index contributed by atoms with van der Waals surface area (Å²) in [5.41, 5.74) is 0.118. The number of anilines is 2. The number of nitrogens with zero attached hydrogens (tertiary/aromatic N) is 1. The van der Waals surface area contributed by atoms with E-state index >= 15 is 0 Å². The Hall–Kier alpha value is -2.65. The van der Waals surface area contributed by atoms with E-state index in [0.717, 1.165) is 17.4 Å². The Labute approximate surface area is 166 Å². The van der Waals surface area contributed by atoms with Gasteiger partial charge in [0.2, 0.25) is 5.91 Å². The Bertz CT molecular complexity index is 1100. The molecule has 0 atom stereocenters. The molecule has 0 aliphatic rings. The van der Waals surface area contributed by atoms with Gasteiger partial charge in [-0.15, -0.1) is 11.3 Å². The molecule has 0 bridgehead atoms. The third kappa shape index (κ3) is 4.10. The summed E-state index contributed by atoms with van der Waals surface area (Å²) in [6, 6.07) is 6.74. The molecular formula is C18H13ClF3N3O2S. The lowest BCUT2D eigenvalue weighted by atomic mass is 10.1. The van der Waals surface area contributed by atoms with Gasteiger partial charge in [-0.25, -0.2) is 4.98 Å². The molecule has 1 aromatic carbocycles. The number of carbonyl (C=O) groups is 2. The topological polar surface area (TPSA) is 71.1 Å². The van der Waals surface area contributed by atoms with Crippen LogP contribution in [0.3, 0.4) is 0 Å². The number of alkyl halides is 3. The van der Waals surface area contributed by atoms with Crippen molar-refractivity contribution in [2.24, 2.45) is 0 Å². The van der Waals surface area contributed by atoms with Gasteiger partial charge in [0.1, 0.15) is 10.5 Å². The van der Waals surface area contributed by atoms with Gasteiger partial charge in [0.15, 0.2) is 0 Å². The van der Waals surface area contributed by atoms with E-state index in [-0.39, 0.29) is 21.3 Å². The molecule has 28 heavy (non-hydrogen) atoms. The molecule has 2 N–H and O–H groups in total. The van der Waals surface area contributed by atoms with Crippen LogP contribution < -0.4 is 10.6 Å². The molecule has 3 rings (SSSR count). The van der Waals surface area contributed by atoms with E-state index in [2.05, 4.69) is 15.6 Å². The van der Waals surface area contributed by atoms with Gasteiger partial charge in [-0.3, -0.25) is 9.59 Å². The van der Waals surface area contributed by atoms with E-state index in [1.165, 1.54) is 25.1 Å². The Balaban J connectivity index is 1.97. The molecule has 0 fully saturated rings. The normalized spacial score (nSPS) is 11.5. The standard InChI is InChI=1S/C18H13ClF3N3O2S/c1-8-11-4-6-14(18(20,21)22)25-17(11)28-15(8)16(27)24-13-7-10(19)3-5-12(13)23-9(2)26/h3-7H,1-2H3,(H,23,26)(H,24,27). The molecule has 0 saturated heterocycles. The second kappa shape index (κ2) is 7.40. The van der Waals surface area contributed by atoms with E-state index < -0.39 is 17.8 Å². The maximum absolute atomic E-state index is 12.9. The maximum atomic E-state index is 12.9. The maximum Gasteiger partial charge on any atom is 0.433 e. The number of rotatable bonds is 3. The minimum absolute atomic E-state index is 0.116. The molecule has 0 aliphatic carbocycles. The summed E-state index contributed by atoms with van der Waals surface area (Å²) in [5, 5.41) is 6.03. The van der Waals surface area contributed by atoms with Crippen molar-refractivity contribution in [3.05, 3.63) is 51.5 Å². The Morgan fingerprint density at radius 2 is 1.82 bits per heavy atom. The largest absolute Gasteiger partial charge is 0.433 e. The summed E-state index contributed by atoms with van der Waals surface area (Å²) >= 11 is 6.82. The molecule has 5 nitrogen and oxygen atoms in total. The van der Waals surface area contributed by atoms with Gasteiger partial charge >= 0.3 is 6.18 Å². The van der Waals surface area contributed by atoms with E-state index in [1.807, 2.05) is 0 Å². The zero-order valence-corrected chi connectivity index (χ0v) is 16.1. The van der Waals surface area contributed by atoms with Crippen LogP contribution in [0, 0.1) is 6.92 Å². The van der Waals surface area contributed by atoms with Gasteiger partial charge in [0.25, 0.3) is 5.91 Å². The summed E-state index contributed by atoms with van der Waals surface area (Å²) in [5.74, 6) is -0.873. The minimum atomic E-state index is -4.57. The van der Waals surface area contributed by atoms with Gasteiger partial charge in [-0.05, 0) is 42.8 Å². The number of amides is 2. The number of halogens is 4. The smallest absolute Gasteiger partial charge is 0.325 e. The Morgan fingerprint density at radius 1 is 1.11 bits per heavy atom. The first-order valence-electron chi connectivity index (χ1n) is 7.92. The first-order chi connectivity index (χ1) is 13.1. The number of aromatic nitrogens is 1. The summed E-state index contributed by atoms with van der Waals surface area (Å²) < 4.78 is 38.6. The highest BCUT2D eigenvalue weighted by Gasteiger charge is 2.33. The number of aryl methyl sites for hydroxylation is 1. The van der Waals surface area contributed by atoms with Crippen LogP contribution in [0.15, 0.2) is 30.3 Å². The van der Waals surface area contributed by atoms with Gasteiger partial charge in [0.05, 0.1) is 16.3 Å². The van der Waals surface area contributed by atoms with Crippen molar-refractivity contribution in [2.75, 3.05) is 10.6 Å². The van der Waals surface area contributed by atoms with Crippen molar-refractivity contribution in [2.45, 2.75) is 20.0 Å². The summed E-state index contributed by atoms with van der Waals surface area (Å²) in [4.78, 5) is 28.0. The first-order valence-corrected chi connectivity index (χ1v) is 9.11. The lowest BCUT2D eigenvalue weighted by molar-refractivity contribution is -0.140. The highest BCUT2D eigenvalue weighted by molar-refractivity contribution is 7.20. The number of fused-ring (bicyclic) bond motifs is 1. The van der Waals surface area contributed by atoms with Gasteiger partial charge in [0, 0.05) is 17.3 Å². The summed E-state index contributed by atoms with van der Waals surface area (Å²) in [6.07, 6.45) is -4.57. The number of carbonyl (C=O) groups excluding carboxylic acids is 2. The van der Waals surface area contributed by atoms with Gasteiger partial charge < -0.3 is 10.6 Å². The van der Waals surface area contributed by atoms with Crippen LogP contribution in [0.4, 0.5) is 24.5 Å². The van der Waals surface area contributed by atoms with Crippen LogP contribution in [0.25, 0.3) is 10.2 Å². The molecule has 0 unspecified atom stereocenters. The molecule has 0 saturated carbocycles. The number of thiophene rings is 1. The third-order valence-corrected chi connectivity index (χ3v) is 5.28. The lowest BCUT2D eigenvalue weighted by Crippen LogP contribution is -2.15. The molecular weight excluding hydrogens is 415 g/mol. The highest BCUT2D eigenvalue weighted by atomic mass is 35.5. The van der Waals surface area contributed by atoms with Crippen LogP contribution in [0.1, 0.15) is 27.9 Å². The predicted octanol–water partition coefficient (Wildman–Crippen LogP) is 5.49. The first kappa shape index (κ1) is 20.1. The van der Waals surface area contributed by atoms with Crippen molar-refractivity contribution in [1.29, 1.82) is 0 Å². The Kier molecular flexibility index (Phi) is 5.31. The van der Waals surface area contributed by atoms with Crippen LogP contribution >= 0.6 is 22.9 Å². The molecule has 2 heterocycles. The Morgan fingerprint density at radius 3 is 2.46 bits per heavy atom. The molecule has 0 radical (unpaired) electrons. The second-order valence-corrected chi connectivity index (χ2v) is 7.36. The van der Waals surface area contributed by atoms with Crippen molar-refractivity contribution < 1.29 is 22.8 Å². The third-order valence-electron chi connectivity index (χ3n) is 3.84. The summed E-state index contributed by atoms with van der Waals surface area (Å²) in [6.45, 7) is 2.95. The van der Waals surface area contributed by atoms with Crippen LogP contribution in [-0.2, 0) is 11.0 Å². The molecule has 3 aromatic rings. The van der Waals surface area contributed by atoms with Crippen molar-refractivity contribution >= 4 is 56.3 Å². The number of benzene rings is 1. The predicted molar refractivity (Wildman–Crippen MR) is 103 cm³/mol. The number of hydrogen-bond donors (Lipinski definition) is 2. The molecule has 10 heteroatoms. The van der Waals surface area contributed by atoms with E-state index in [9.17, 15) is 22.8 Å². The van der Waals surface area contributed by atoms with Crippen molar-refractivity contribution in [1.82, 2.24) is 4.98 Å². The minimum Gasteiger partial charge on any atom is -0.325 e. The van der Waals surface area contributed by atoms with Gasteiger partial charge in [-0.2, -0.15) is 13.2 Å². The number of nitrogens with one attached hydrogen (secondary N) is 2. The average Bonchev–Trinajstić information content (AvgIpc) is 2.93. The SMILES string of the molecule is CC(=O)Nc1ccc(Cl)cc1NC(=O)c1sc2nc(C(F)(F)F)ccc2c1C. The lowest BCUT2D eigenvalue weighted by Gasteiger charge is -2.11. The monoisotopic (exact) mass is 427 g/mol. The average molecular weight is 428 g/mol. The highest BCUT2D eigenvalue weighted by Crippen LogP contribution is 2.35. The van der Waals surface area contributed by atoms with Crippen molar-refractivity contribution in [3.63, 3.8) is 0 Å². The fourth-order valence-electron chi connectivity index (χ4n) is 2.57. The van der Waals surface area contributed by atoms with E-state index in [1.54, 1.807) is 13.0 Å². The summed E-state index contributed by atoms with van der Waals surface area (Å²) in [7, 11) is 0. The molecule has 146 valence electrons. The molecule has 2 aromatic heterocycles. The second-order valence-electron chi connectivity index (χ2n) is 5.93. The number of pyridine rings is 1. The van der Waals surface area contributed by atoms with E-state index in [4.69, 9.17) is 11.6 Å². The van der Waals surface area contributed by atoms with Crippen molar-refractivity contribution in [3.8, 4) is 0 Å². The van der Waals surface area contributed by atoms with Crippen LogP contribution in [0.5, 0.6) is 0 Å². The molecule has 0 spiro atoms. The van der Waals surface area contributed by atoms with E-state index in [0.29, 0.717) is 21.7 Å².